The topological polar surface area (TPSA) is 199 Å². The lowest BCUT2D eigenvalue weighted by Crippen LogP contribution is -2.74. The van der Waals surface area contributed by atoms with Gasteiger partial charge in [-0.1, -0.05) is 6.07 Å². The lowest BCUT2D eigenvalue weighted by molar-refractivity contribution is -0.175. The molecular formula is C37H51N3O12. The molecule has 2 aliphatic heterocycles. The zero-order valence-corrected chi connectivity index (χ0v) is 31.1. The number of ether oxygens (including phenoxy) is 5. The Morgan fingerprint density at radius 3 is 2.40 bits per heavy atom. The van der Waals surface area contributed by atoms with Gasteiger partial charge in [0, 0.05) is 31.0 Å². The fraction of sp³-hybridized carbons (Fsp3) is 0.649. The molecule has 2 heterocycles. The average molecular weight is 730 g/mol. The molecule has 286 valence electrons. The number of carbonyl (C=O) groups is 5. The molecule has 0 aromatic heterocycles. The van der Waals surface area contributed by atoms with E-state index in [0.717, 1.165) is 11.1 Å². The number of hydrogen-bond acceptors (Lipinski definition) is 13. The number of aromatic hydroxyl groups is 1. The molecule has 1 unspecified atom stereocenters. The van der Waals surface area contributed by atoms with Crippen LogP contribution in [-0.2, 0) is 50.0 Å². The maximum Gasteiger partial charge on any atom is 0.408 e. The molecule has 1 fully saturated rings. The van der Waals surface area contributed by atoms with Crippen molar-refractivity contribution in [3.8, 4) is 11.5 Å². The van der Waals surface area contributed by atoms with Crippen LogP contribution in [0.15, 0.2) is 24.0 Å². The summed E-state index contributed by atoms with van der Waals surface area (Å²) in [6, 6.07) is 2.05. The molecule has 0 radical (unpaired) electrons. The maximum absolute atomic E-state index is 13.3. The van der Waals surface area contributed by atoms with E-state index in [1.807, 2.05) is 13.1 Å². The largest absolute Gasteiger partial charge is 0.504 e. The van der Waals surface area contributed by atoms with Crippen LogP contribution >= 0.6 is 0 Å². The Morgan fingerprint density at radius 2 is 1.73 bits per heavy atom. The fourth-order valence-electron chi connectivity index (χ4n) is 7.73. The summed E-state index contributed by atoms with van der Waals surface area (Å²) < 4.78 is 28.0. The second kappa shape index (κ2) is 14.2. The first-order valence-corrected chi connectivity index (χ1v) is 17.7. The maximum atomic E-state index is 13.3. The molecule has 5 rings (SSSR count). The van der Waals surface area contributed by atoms with Crippen molar-refractivity contribution in [3.63, 3.8) is 0 Å². The van der Waals surface area contributed by atoms with Gasteiger partial charge < -0.3 is 49.4 Å². The number of nitrogens with one attached hydrogen (secondary N) is 2. The van der Waals surface area contributed by atoms with E-state index in [0.29, 0.717) is 19.4 Å². The number of likely N-dealkylation sites (tertiary alicyclic amines) is 1. The number of hydrogen-bond donors (Lipinski definition) is 4. The lowest BCUT2D eigenvalue weighted by Gasteiger charge is -2.61. The predicted octanol–water partition coefficient (Wildman–Crippen LogP) is 2.67. The second-order valence-electron chi connectivity index (χ2n) is 16.0. The monoisotopic (exact) mass is 729 g/mol. The van der Waals surface area contributed by atoms with Gasteiger partial charge in [-0.15, -0.1) is 0 Å². The summed E-state index contributed by atoms with van der Waals surface area (Å²) in [6.45, 7) is 12.0. The van der Waals surface area contributed by atoms with Crippen molar-refractivity contribution < 1.29 is 57.9 Å². The van der Waals surface area contributed by atoms with Crippen molar-refractivity contribution in [2.24, 2.45) is 0 Å². The standard InChI is InChI=1S/C37H51N3O12/c1-20(48-26(42)14-17-38-31(44)22(39-33(46)52-35(5,6)7)10-12-27(43)51-34(2,3)4)32(45)49-24-13-15-37(47)25-19-21-9-11-23(41)29-28(21)36(37,30(24)50-29)16-18-40(25)8/h9,11,13,20,22,25,30,41,47H,10,12,14-19H2,1-8H3,(H,38,44)(H,39,46)/t20-,22?,25+,30-,36-,37+/m0/s1. The van der Waals surface area contributed by atoms with Crippen molar-refractivity contribution >= 4 is 29.9 Å². The summed E-state index contributed by atoms with van der Waals surface area (Å²) in [6.07, 6.45) is -0.731. The van der Waals surface area contributed by atoms with Crippen LogP contribution < -0.4 is 15.4 Å². The number of piperidine rings is 1. The number of rotatable bonds is 11. The predicted molar refractivity (Wildman–Crippen MR) is 184 cm³/mol. The Morgan fingerprint density at radius 1 is 1.04 bits per heavy atom. The zero-order valence-electron chi connectivity index (χ0n) is 31.1. The molecule has 15 heteroatoms. The first-order valence-electron chi connectivity index (χ1n) is 17.7. The van der Waals surface area contributed by atoms with E-state index < -0.39 is 70.4 Å². The number of nitrogens with zero attached hydrogens (tertiary/aromatic N) is 1. The number of phenols is 1. The van der Waals surface area contributed by atoms with Crippen molar-refractivity contribution in [3.05, 3.63) is 35.1 Å². The van der Waals surface area contributed by atoms with Crippen LogP contribution in [0.4, 0.5) is 4.79 Å². The summed E-state index contributed by atoms with van der Waals surface area (Å²) in [4.78, 5) is 65.8. The molecule has 15 nitrogen and oxygen atoms in total. The minimum atomic E-state index is -1.33. The van der Waals surface area contributed by atoms with E-state index in [-0.39, 0.29) is 55.5 Å². The molecular weight excluding hydrogens is 678 g/mol. The number of amides is 2. The molecule has 1 saturated heterocycles. The molecule has 52 heavy (non-hydrogen) atoms. The third-order valence-corrected chi connectivity index (χ3v) is 9.90. The number of alkyl carbamates (subject to hydrolysis) is 1. The fourth-order valence-corrected chi connectivity index (χ4v) is 7.73. The van der Waals surface area contributed by atoms with Gasteiger partial charge >= 0.3 is 24.0 Å². The third kappa shape index (κ3) is 7.70. The van der Waals surface area contributed by atoms with Crippen LogP contribution in [0.5, 0.6) is 11.5 Å². The van der Waals surface area contributed by atoms with Crippen molar-refractivity contribution in [1.29, 1.82) is 0 Å². The van der Waals surface area contributed by atoms with Crippen LogP contribution in [-0.4, -0.2) is 106 Å². The molecule has 2 aliphatic carbocycles. The molecule has 6 atom stereocenters. The smallest absolute Gasteiger partial charge is 0.408 e. The highest BCUT2D eigenvalue weighted by Crippen LogP contribution is 2.65. The second-order valence-corrected chi connectivity index (χ2v) is 16.0. The highest BCUT2D eigenvalue weighted by atomic mass is 16.6. The first kappa shape index (κ1) is 38.9. The van der Waals surface area contributed by atoms with E-state index in [4.69, 9.17) is 23.7 Å². The van der Waals surface area contributed by atoms with Crippen LogP contribution in [0.25, 0.3) is 0 Å². The highest BCUT2D eigenvalue weighted by Gasteiger charge is 2.72. The molecule has 1 aromatic rings. The van der Waals surface area contributed by atoms with Crippen LogP contribution in [0.1, 0.15) is 91.7 Å². The van der Waals surface area contributed by atoms with Gasteiger partial charge in [0.05, 0.1) is 17.4 Å². The van der Waals surface area contributed by atoms with E-state index in [1.165, 1.54) is 6.92 Å². The van der Waals surface area contributed by atoms with Crippen molar-refractivity contribution in [2.45, 2.75) is 134 Å². The van der Waals surface area contributed by atoms with Gasteiger partial charge in [0.2, 0.25) is 5.91 Å². The number of aliphatic hydroxyl groups is 1. The number of benzene rings is 1. The van der Waals surface area contributed by atoms with E-state index in [9.17, 15) is 34.2 Å². The van der Waals surface area contributed by atoms with E-state index in [2.05, 4.69) is 15.5 Å². The third-order valence-electron chi connectivity index (χ3n) is 9.90. The van der Waals surface area contributed by atoms with Gasteiger partial charge in [-0.2, -0.15) is 0 Å². The van der Waals surface area contributed by atoms with E-state index >= 15 is 0 Å². The van der Waals surface area contributed by atoms with Crippen molar-refractivity contribution in [1.82, 2.24) is 15.5 Å². The van der Waals surface area contributed by atoms with Gasteiger partial charge in [-0.05, 0) is 99.0 Å². The van der Waals surface area contributed by atoms with Crippen LogP contribution in [0.3, 0.4) is 0 Å². The number of phenolic OH excluding ortho intramolecular Hbond substituents is 1. The Labute approximate surface area is 303 Å². The Balaban J connectivity index is 1.17. The SMILES string of the molecule is C[C@H](OC(=O)CCNC(=O)C(CCC(=O)OC(C)(C)C)NC(=O)OC(C)(C)C)C(=O)OC1=CC[C@@]2(O)[C@H]3Cc4ccc(O)c5c4[C@@]2(CCN3C)[C@H]1O5. The quantitative estimate of drug-likeness (QED) is 0.192. The first-order chi connectivity index (χ1) is 24.1. The van der Waals surface area contributed by atoms with Crippen molar-refractivity contribution in [2.75, 3.05) is 20.1 Å². The normalized spacial score (nSPS) is 25.7. The molecule has 4 N–H and O–H groups in total. The summed E-state index contributed by atoms with van der Waals surface area (Å²) in [7, 11) is 1.97. The summed E-state index contributed by atoms with van der Waals surface area (Å²) >= 11 is 0. The minimum absolute atomic E-state index is 0.0581. The molecule has 1 spiro atoms. The number of esters is 3. The van der Waals surface area contributed by atoms with Gasteiger partial charge in [0.25, 0.3) is 0 Å². The van der Waals surface area contributed by atoms with Crippen LogP contribution in [0.2, 0.25) is 0 Å². The van der Waals surface area contributed by atoms with E-state index in [1.54, 1.807) is 53.7 Å². The lowest BCUT2D eigenvalue weighted by atomic mass is 9.50. The molecule has 4 aliphatic rings. The van der Waals surface area contributed by atoms with Gasteiger partial charge in [0.15, 0.2) is 23.7 Å². The minimum Gasteiger partial charge on any atom is -0.504 e. The van der Waals surface area contributed by atoms with Gasteiger partial charge in [-0.25, -0.2) is 9.59 Å². The Hall–Kier alpha value is -4.37. The number of likely N-dealkylation sites (N-methyl/N-ethyl adjacent to an activating group) is 1. The summed E-state index contributed by atoms with van der Waals surface area (Å²) in [5, 5.41) is 28.0. The molecule has 2 bridgehead atoms. The van der Waals surface area contributed by atoms with Crippen LogP contribution in [0, 0.1) is 0 Å². The number of carbonyl (C=O) groups excluding carboxylic acids is 5. The summed E-state index contributed by atoms with van der Waals surface area (Å²) in [5.41, 5.74) is -2.02. The average Bonchev–Trinajstić information content (AvgIpc) is 3.38. The molecule has 0 saturated carbocycles. The van der Waals surface area contributed by atoms with Gasteiger partial charge in [0.1, 0.15) is 23.0 Å². The highest BCUT2D eigenvalue weighted by molar-refractivity contribution is 5.87. The molecule has 1 aromatic carbocycles. The Bertz CT molecular complexity index is 1640. The Kier molecular flexibility index (Phi) is 10.6. The van der Waals surface area contributed by atoms with Gasteiger partial charge in [-0.3, -0.25) is 14.4 Å². The zero-order chi connectivity index (χ0) is 38.4. The molecule has 2 amide bonds. The summed E-state index contributed by atoms with van der Waals surface area (Å²) in [5.74, 6) is -2.49.